The molecule has 0 aliphatic heterocycles. The van der Waals surface area contributed by atoms with Gasteiger partial charge in [-0.1, -0.05) is 24.4 Å². The molecule has 1 heterocycles. The van der Waals surface area contributed by atoms with E-state index in [2.05, 4.69) is 4.98 Å². The molecular formula is C10H7FN2S. The highest BCUT2D eigenvalue weighted by atomic mass is 32.1. The lowest BCUT2D eigenvalue weighted by atomic mass is 10.1. The van der Waals surface area contributed by atoms with Gasteiger partial charge in [-0.25, -0.2) is 4.39 Å². The molecule has 0 amide bonds. The SMILES string of the molecule is NC(=S)c1nccc2c(F)cccc12. The summed E-state index contributed by atoms with van der Waals surface area (Å²) in [5.41, 5.74) is 5.95. The minimum Gasteiger partial charge on any atom is -0.388 e. The number of nitrogens with zero attached hydrogens (tertiary/aromatic N) is 1. The minimum atomic E-state index is -0.289. The molecule has 1 aromatic heterocycles. The van der Waals surface area contributed by atoms with Gasteiger partial charge in [-0.3, -0.25) is 4.98 Å². The predicted molar refractivity (Wildman–Crippen MR) is 57.6 cm³/mol. The van der Waals surface area contributed by atoms with Crippen molar-refractivity contribution in [2.24, 2.45) is 5.73 Å². The van der Waals surface area contributed by atoms with E-state index in [0.717, 1.165) is 0 Å². The van der Waals surface area contributed by atoms with Crippen LogP contribution in [0, 0.1) is 5.82 Å². The first-order valence-electron chi connectivity index (χ1n) is 4.03. The quantitative estimate of drug-likeness (QED) is 0.725. The molecule has 0 bridgehead atoms. The second kappa shape index (κ2) is 3.31. The van der Waals surface area contributed by atoms with Gasteiger partial charge in [-0.15, -0.1) is 0 Å². The van der Waals surface area contributed by atoms with E-state index >= 15 is 0 Å². The molecule has 2 N–H and O–H groups in total. The highest BCUT2D eigenvalue weighted by Gasteiger charge is 2.06. The van der Waals surface area contributed by atoms with Gasteiger partial charge in [0.25, 0.3) is 0 Å². The summed E-state index contributed by atoms with van der Waals surface area (Å²) in [6.45, 7) is 0. The lowest BCUT2D eigenvalue weighted by Gasteiger charge is -2.03. The molecule has 0 saturated heterocycles. The fraction of sp³-hybridized carbons (Fsp3) is 0. The first kappa shape index (κ1) is 9.02. The van der Waals surface area contributed by atoms with Crippen LogP contribution in [0.2, 0.25) is 0 Å². The Labute approximate surface area is 85.6 Å². The van der Waals surface area contributed by atoms with Crippen LogP contribution in [-0.4, -0.2) is 9.97 Å². The Morgan fingerprint density at radius 1 is 1.29 bits per heavy atom. The third kappa shape index (κ3) is 1.33. The van der Waals surface area contributed by atoms with E-state index in [1.165, 1.54) is 12.3 Å². The maximum absolute atomic E-state index is 13.3. The fourth-order valence-corrected chi connectivity index (χ4v) is 1.53. The molecule has 2 nitrogen and oxygen atoms in total. The Morgan fingerprint density at radius 3 is 2.79 bits per heavy atom. The van der Waals surface area contributed by atoms with Crippen molar-refractivity contribution in [3.05, 3.63) is 42.0 Å². The first-order chi connectivity index (χ1) is 6.70. The molecule has 0 unspecified atom stereocenters. The summed E-state index contributed by atoms with van der Waals surface area (Å²) in [5.74, 6) is -0.289. The topological polar surface area (TPSA) is 38.9 Å². The molecule has 0 saturated carbocycles. The standard InChI is InChI=1S/C10H7FN2S/c11-8-3-1-2-7-6(8)4-5-13-9(7)10(12)14/h1-5H,(H2,12,14). The largest absolute Gasteiger partial charge is 0.388 e. The van der Waals surface area contributed by atoms with E-state index < -0.39 is 0 Å². The van der Waals surface area contributed by atoms with Crippen molar-refractivity contribution in [1.29, 1.82) is 0 Å². The Bertz CT molecular complexity index is 510. The van der Waals surface area contributed by atoms with Gasteiger partial charge in [-0.05, 0) is 12.1 Å². The summed E-state index contributed by atoms with van der Waals surface area (Å²) < 4.78 is 13.3. The van der Waals surface area contributed by atoms with Gasteiger partial charge >= 0.3 is 0 Å². The van der Waals surface area contributed by atoms with Crippen molar-refractivity contribution < 1.29 is 4.39 Å². The van der Waals surface area contributed by atoms with E-state index in [0.29, 0.717) is 16.5 Å². The van der Waals surface area contributed by atoms with Gasteiger partial charge in [0.2, 0.25) is 0 Å². The lowest BCUT2D eigenvalue weighted by molar-refractivity contribution is 0.640. The number of fused-ring (bicyclic) bond motifs is 1. The van der Waals surface area contributed by atoms with Crippen LogP contribution in [-0.2, 0) is 0 Å². The molecule has 1 aromatic carbocycles. The number of rotatable bonds is 1. The third-order valence-electron chi connectivity index (χ3n) is 1.99. The van der Waals surface area contributed by atoms with E-state index in [-0.39, 0.29) is 10.8 Å². The molecule has 2 rings (SSSR count). The molecule has 4 heteroatoms. The molecule has 0 fully saturated rings. The van der Waals surface area contributed by atoms with E-state index in [4.69, 9.17) is 18.0 Å². The van der Waals surface area contributed by atoms with Gasteiger partial charge in [0.15, 0.2) is 0 Å². The molecule has 70 valence electrons. The van der Waals surface area contributed by atoms with Crippen LogP contribution in [0.25, 0.3) is 10.8 Å². The van der Waals surface area contributed by atoms with Crippen molar-refractivity contribution >= 4 is 28.0 Å². The Hall–Kier alpha value is -1.55. The number of pyridine rings is 1. The summed E-state index contributed by atoms with van der Waals surface area (Å²) in [7, 11) is 0. The fourth-order valence-electron chi connectivity index (χ4n) is 1.37. The number of benzene rings is 1. The summed E-state index contributed by atoms with van der Waals surface area (Å²) in [6, 6.07) is 6.36. The number of hydrogen-bond donors (Lipinski definition) is 1. The van der Waals surface area contributed by atoms with Gasteiger partial charge < -0.3 is 5.73 Å². The second-order valence-corrected chi connectivity index (χ2v) is 3.30. The van der Waals surface area contributed by atoms with Crippen molar-refractivity contribution in [3.63, 3.8) is 0 Å². The lowest BCUT2D eigenvalue weighted by Crippen LogP contribution is -2.12. The number of halogens is 1. The van der Waals surface area contributed by atoms with Crippen molar-refractivity contribution in [2.75, 3.05) is 0 Å². The number of aromatic nitrogens is 1. The number of hydrogen-bond acceptors (Lipinski definition) is 2. The monoisotopic (exact) mass is 206 g/mol. The highest BCUT2D eigenvalue weighted by Crippen LogP contribution is 2.19. The van der Waals surface area contributed by atoms with E-state index in [1.807, 2.05) is 0 Å². The van der Waals surface area contributed by atoms with Crippen LogP contribution in [0.3, 0.4) is 0 Å². The molecule has 0 aliphatic carbocycles. The van der Waals surface area contributed by atoms with Crippen LogP contribution in [0.1, 0.15) is 5.69 Å². The third-order valence-corrected chi connectivity index (χ3v) is 2.18. The average Bonchev–Trinajstić information content (AvgIpc) is 2.17. The van der Waals surface area contributed by atoms with Crippen LogP contribution in [0.15, 0.2) is 30.5 Å². The van der Waals surface area contributed by atoms with Crippen molar-refractivity contribution in [2.45, 2.75) is 0 Å². The summed E-state index contributed by atoms with van der Waals surface area (Å²) in [5, 5.41) is 1.14. The predicted octanol–water partition coefficient (Wildman–Crippen LogP) is 2.01. The average molecular weight is 206 g/mol. The smallest absolute Gasteiger partial charge is 0.131 e. The normalized spacial score (nSPS) is 10.4. The van der Waals surface area contributed by atoms with Crippen LogP contribution in [0.5, 0.6) is 0 Å². The Kier molecular flexibility index (Phi) is 2.13. The zero-order valence-corrected chi connectivity index (χ0v) is 8.01. The van der Waals surface area contributed by atoms with E-state index in [9.17, 15) is 4.39 Å². The second-order valence-electron chi connectivity index (χ2n) is 2.86. The summed E-state index contributed by atoms with van der Waals surface area (Å²) in [6.07, 6.45) is 1.50. The van der Waals surface area contributed by atoms with Gasteiger partial charge in [0, 0.05) is 17.0 Å². The van der Waals surface area contributed by atoms with Gasteiger partial charge in [0.1, 0.15) is 16.5 Å². The maximum Gasteiger partial charge on any atom is 0.131 e. The maximum atomic E-state index is 13.3. The number of nitrogens with two attached hydrogens (primary N) is 1. The molecule has 0 spiro atoms. The van der Waals surface area contributed by atoms with Crippen LogP contribution < -0.4 is 5.73 Å². The molecule has 14 heavy (non-hydrogen) atoms. The molecule has 0 aliphatic rings. The van der Waals surface area contributed by atoms with Crippen molar-refractivity contribution in [1.82, 2.24) is 4.98 Å². The summed E-state index contributed by atoms with van der Waals surface area (Å²) in [4.78, 5) is 4.20. The molecule has 0 atom stereocenters. The van der Waals surface area contributed by atoms with Crippen LogP contribution in [0.4, 0.5) is 4.39 Å². The molecule has 0 radical (unpaired) electrons. The van der Waals surface area contributed by atoms with E-state index in [1.54, 1.807) is 18.2 Å². The Morgan fingerprint density at radius 2 is 2.07 bits per heavy atom. The highest BCUT2D eigenvalue weighted by molar-refractivity contribution is 7.80. The van der Waals surface area contributed by atoms with Crippen molar-refractivity contribution in [3.8, 4) is 0 Å². The zero-order valence-electron chi connectivity index (χ0n) is 7.20. The zero-order chi connectivity index (χ0) is 10.1. The first-order valence-corrected chi connectivity index (χ1v) is 4.44. The van der Waals surface area contributed by atoms with Crippen LogP contribution >= 0.6 is 12.2 Å². The number of thiocarbonyl (C=S) groups is 1. The molecular weight excluding hydrogens is 199 g/mol. The minimum absolute atomic E-state index is 0.182. The van der Waals surface area contributed by atoms with Gasteiger partial charge in [-0.2, -0.15) is 0 Å². The molecule has 2 aromatic rings. The summed E-state index contributed by atoms with van der Waals surface area (Å²) >= 11 is 4.83. The Balaban J connectivity index is 2.88. The van der Waals surface area contributed by atoms with Gasteiger partial charge in [0.05, 0.1) is 0 Å².